The number of piperidine rings is 1. The van der Waals surface area contributed by atoms with E-state index in [2.05, 4.69) is 55.4 Å². The fourth-order valence-electron chi connectivity index (χ4n) is 3.38. The van der Waals surface area contributed by atoms with Gasteiger partial charge in [0, 0.05) is 32.3 Å². The summed E-state index contributed by atoms with van der Waals surface area (Å²) in [6.07, 6.45) is 3.84. The molecule has 0 spiro atoms. The Hall–Kier alpha value is -0.900. The molecule has 21 heavy (non-hydrogen) atoms. The fraction of sp³-hybridized carbons (Fsp3) is 0.667. The van der Waals surface area contributed by atoms with Gasteiger partial charge in [-0.05, 0) is 44.4 Å². The number of likely N-dealkylation sites (N-methyl/N-ethyl adjacent to an activating group) is 1. The summed E-state index contributed by atoms with van der Waals surface area (Å²) in [6.45, 7) is 6.80. The Morgan fingerprint density at radius 3 is 2.33 bits per heavy atom. The average Bonchev–Trinajstić information content (AvgIpc) is 2.56. The zero-order valence-electron chi connectivity index (χ0n) is 13.9. The molecule has 0 aliphatic carbocycles. The van der Waals surface area contributed by atoms with Crippen LogP contribution in [0.3, 0.4) is 0 Å². The second kappa shape index (κ2) is 7.92. The quantitative estimate of drug-likeness (QED) is 0.871. The van der Waals surface area contributed by atoms with E-state index in [-0.39, 0.29) is 0 Å². The number of aryl methyl sites for hydroxylation is 1. The largest absolute Gasteiger partial charge is 0.381 e. The van der Waals surface area contributed by atoms with E-state index in [1.165, 1.54) is 11.1 Å². The van der Waals surface area contributed by atoms with Gasteiger partial charge < -0.3 is 10.1 Å². The number of rotatable bonds is 6. The highest BCUT2D eigenvalue weighted by atomic mass is 16.5. The molecule has 1 aromatic carbocycles. The first-order valence-electron chi connectivity index (χ1n) is 8.22. The van der Waals surface area contributed by atoms with Crippen LogP contribution in [0.1, 0.15) is 43.9 Å². The van der Waals surface area contributed by atoms with Gasteiger partial charge >= 0.3 is 0 Å². The summed E-state index contributed by atoms with van der Waals surface area (Å²) in [4.78, 5) is 2.59. The summed E-state index contributed by atoms with van der Waals surface area (Å²) in [5.41, 5.74) is 2.79. The van der Waals surface area contributed by atoms with Gasteiger partial charge in [0.15, 0.2) is 0 Å². The Bertz CT molecular complexity index is 410. The van der Waals surface area contributed by atoms with Crippen LogP contribution in [0.5, 0.6) is 0 Å². The van der Waals surface area contributed by atoms with Gasteiger partial charge in [0.2, 0.25) is 0 Å². The number of ether oxygens (including phenoxy) is 1. The number of nitrogens with one attached hydrogen (secondary N) is 1. The molecule has 2 rings (SSSR count). The van der Waals surface area contributed by atoms with Crippen LogP contribution >= 0.6 is 0 Å². The second-order valence-electron chi connectivity index (χ2n) is 6.07. The monoisotopic (exact) mass is 290 g/mol. The Morgan fingerprint density at radius 2 is 1.86 bits per heavy atom. The van der Waals surface area contributed by atoms with E-state index in [0.717, 1.165) is 32.4 Å². The lowest BCUT2D eigenvalue weighted by Gasteiger charge is -2.39. The van der Waals surface area contributed by atoms with E-state index < -0.39 is 0 Å². The molecule has 1 fully saturated rings. The van der Waals surface area contributed by atoms with Gasteiger partial charge in [-0.3, -0.25) is 4.90 Å². The van der Waals surface area contributed by atoms with E-state index in [0.29, 0.717) is 18.2 Å². The van der Waals surface area contributed by atoms with Crippen molar-refractivity contribution in [3.63, 3.8) is 0 Å². The Kier molecular flexibility index (Phi) is 6.22. The minimum atomic E-state index is 0.384. The van der Waals surface area contributed by atoms with Gasteiger partial charge in [-0.2, -0.15) is 0 Å². The van der Waals surface area contributed by atoms with E-state index >= 15 is 0 Å². The Labute approximate surface area is 129 Å². The zero-order chi connectivity index (χ0) is 15.2. The lowest BCUT2D eigenvalue weighted by molar-refractivity contribution is 0.0241. The van der Waals surface area contributed by atoms with Crippen molar-refractivity contribution in [2.24, 2.45) is 0 Å². The minimum absolute atomic E-state index is 0.384. The lowest BCUT2D eigenvalue weighted by atomic mass is 9.95. The maximum Gasteiger partial charge on any atom is 0.0595 e. The van der Waals surface area contributed by atoms with Crippen molar-refractivity contribution in [3.05, 3.63) is 35.4 Å². The van der Waals surface area contributed by atoms with Crippen molar-refractivity contribution in [3.8, 4) is 0 Å². The molecule has 1 aromatic rings. The highest BCUT2D eigenvalue weighted by Gasteiger charge is 2.27. The maximum atomic E-state index is 5.47. The third-order valence-electron chi connectivity index (χ3n) is 4.93. The molecule has 1 N–H and O–H groups in total. The van der Waals surface area contributed by atoms with E-state index in [1.54, 1.807) is 0 Å². The average molecular weight is 290 g/mol. The summed E-state index contributed by atoms with van der Waals surface area (Å²) < 4.78 is 5.47. The number of likely N-dealkylation sites (tertiary alicyclic amines) is 1. The SMILES string of the molecule is CCc1ccc(C(NC)C(C)N2CCC(OC)CC2)cc1. The molecule has 1 saturated heterocycles. The van der Waals surface area contributed by atoms with Crippen LogP contribution in [0.15, 0.2) is 24.3 Å². The summed E-state index contributed by atoms with van der Waals surface area (Å²) >= 11 is 0. The Balaban J connectivity index is 2.02. The van der Waals surface area contributed by atoms with Crippen LogP contribution in [-0.4, -0.2) is 44.3 Å². The summed E-state index contributed by atoms with van der Waals surface area (Å²) in [5, 5.41) is 3.51. The number of hydrogen-bond acceptors (Lipinski definition) is 3. The van der Waals surface area contributed by atoms with Crippen LogP contribution in [0.25, 0.3) is 0 Å². The summed E-state index contributed by atoms with van der Waals surface area (Å²) in [6, 6.07) is 9.94. The first-order valence-corrected chi connectivity index (χ1v) is 8.22. The molecule has 2 atom stereocenters. The summed E-state index contributed by atoms with van der Waals surface area (Å²) in [5.74, 6) is 0. The van der Waals surface area contributed by atoms with Gasteiger partial charge in [-0.15, -0.1) is 0 Å². The van der Waals surface area contributed by atoms with Gasteiger partial charge in [0.25, 0.3) is 0 Å². The highest BCUT2D eigenvalue weighted by Crippen LogP contribution is 2.24. The van der Waals surface area contributed by atoms with Gasteiger partial charge in [0.05, 0.1) is 6.10 Å². The van der Waals surface area contributed by atoms with Crippen LogP contribution in [0, 0.1) is 0 Å². The fourth-order valence-corrected chi connectivity index (χ4v) is 3.38. The van der Waals surface area contributed by atoms with E-state index in [9.17, 15) is 0 Å². The maximum absolute atomic E-state index is 5.47. The van der Waals surface area contributed by atoms with Gasteiger partial charge in [-0.25, -0.2) is 0 Å². The third-order valence-corrected chi connectivity index (χ3v) is 4.93. The minimum Gasteiger partial charge on any atom is -0.381 e. The molecule has 0 saturated carbocycles. The highest BCUT2D eigenvalue weighted by molar-refractivity contribution is 5.26. The normalized spacial score (nSPS) is 20.4. The second-order valence-corrected chi connectivity index (χ2v) is 6.07. The van der Waals surface area contributed by atoms with Crippen molar-refractivity contribution in [1.29, 1.82) is 0 Å². The van der Waals surface area contributed by atoms with Crippen molar-refractivity contribution in [1.82, 2.24) is 10.2 Å². The van der Waals surface area contributed by atoms with Crippen LogP contribution in [-0.2, 0) is 11.2 Å². The molecule has 0 radical (unpaired) electrons. The first kappa shape index (κ1) is 16.5. The van der Waals surface area contributed by atoms with Crippen molar-refractivity contribution >= 4 is 0 Å². The smallest absolute Gasteiger partial charge is 0.0595 e. The standard InChI is InChI=1S/C18H30N2O/c1-5-15-6-8-16(9-7-15)18(19-3)14(2)20-12-10-17(21-4)11-13-20/h6-9,14,17-19H,5,10-13H2,1-4H3. The molecule has 1 aliphatic rings. The molecule has 0 bridgehead atoms. The Morgan fingerprint density at radius 1 is 1.24 bits per heavy atom. The summed E-state index contributed by atoms with van der Waals surface area (Å²) in [7, 11) is 3.90. The zero-order valence-corrected chi connectivity index (χ0v) is 13.9. The number of methoxy groups -OCH3 is 1. The molecule has 1 heterocycles. The molecule has 1 aliphatic heterocycles. The van der Waals surface area contributed by atoms with E-state index in [1.807, 2.05) is 7.11 Å². The lowest BCUT2D eigenvalue weighted by Crippen LogP contribution is -2.47. The third kappa shape index (κ3) is 4.06. The number of nitrogens with zero attached hydrogens (tertiary/aromatic N) is 1. The molecular weight excluding hydrogens is 260 g/mol. The van der Waals surface area contributed by atoms with Crippen molar-refractivity contribution < 1.29 is 4.74 Å². The predicted octanol–water partition coefficient (Wildman–Crippen LogP) is 3.01. The van der Waals surface area contributed by atoms with Gasteiger partial charge in [0.1, 0.15) is 0 Å². The van der Waals surface area contributed by atoms with Gasteiger partial charge in [-0.1, -0.05) is 31.2 Å². The van der Waals surface area contributed by atoms with Crippen molar-refractivity contribution in [2.75, 3.05) is 27.2 Å². The van der Waals surface area contributed by atoms with E-state index in [4.69, 9.17) is 4.74 Å². The number of hydrogen-bond donors (Lipinski definition) is 1. The molecule has 2 unspecified atom stereocenters. The van der Waals surface area contributed by atoms with Crippen LogP contribution < -0.4 is 5.32 Å². The van der Waals surface area contributed by atoms with Crippen LogP contribution in [0.4, 0.5) is 0 Å². The molecule has 0 amide bonds. The first-order chi connectivity index (χ1) is 10.2. The van der Waals surface area contributed by atoms with Crippen molar-refractivity contribution in [2.45, 2.75) is 51.3 Å². The molecule has 3 nitrogen and oxygen atoms in total. The predicted molar refractivity (Wildman–Crippen MR) is 88.7 cm³/mol. The van der Waals surface area contributed by atoms with Crippen LogP contribution in [0.2, 0.25) is 0 Å². The number of benzene rings is 1. The molecule has 118 valence electrons. The molecular formula is C18H30N2O. The molecule has 0 aromatic heterocycles. The topological polar surface area (TPSA) is 24.5 Å². The molecule has 3 heteroatoms.